The molecule has 104 valence electrons. The zero-order chi connectivity index (χ0) is 13.8. The maximum atomic E-state index is 12.0. The summed E-state index contributed by atoms with van der Waals surface area (Å²) in [6.45, 7) is 2.66. The van der Waals surface area contributed by atoms with Crippen molar-refractivity contribution in [3.05, 3.63) is 21.9 Å². The van der Waals surface area contributed by atoms with Crippen molar-refractivity contribution in [3.63, 3.8) is 0 Å². The Hall–Kier alpha value is -1.36. The van der Waals surface area contributed by atoms with Crippen molar-refractivity contribution in [1.82, 2.24) is 4.90 Å². The summed E-state index contributed by atoms with van der Waals surface area (Å²) in [7, 11) is 0. The Kier molecular flexibility index (Phi) is 4.58. The van der Waals surface area contributed by atoms with Crippen LogP contribution in [0, 0.1) is 6.92 Å². The molecule has 0 aliphatic carbocycles. The standard InChI is InChI=1S/C14H19NO3S/c1-10-7-8-11(19-10)4-2-6-13(16)15-9-3-5-12(15)14(17)18/h7-8,12H,2-6,9H2,1H3,(H,17,18)/t12-/m0/s1. The second kappa shape index (κ2) is 6.19. The molecule has 2 rings (SSSR count). The molecule has 1 amide bonds. The molecule has 0 spiro atoms. The average molecular weight is 281 g/mol. The van der Waals surface area contributed by atoms with Gasteiger partial charge in [0.1, 0.15) is 6.04 Å². The fourth-order valence-electron chi connectivity index (χ4n) is 2.50. The van der Waals surface area contributed by atoms with E-state index in [1.54, 1.807) is 11.3 Å². The summed E-state index contributed by atoms with van der Waals surface area (Å²) in [6.07, 6.45) is 3.52. The van der Waals surface area contributed by atoms with Gasteiger partial charge in [0, 0.05) is 22.7 Å². The molecule has 0 radical (unpaired) electrons. The molecule has 0 bridgehead atoms. The quantitative estimate of drug-likeness (QED) is 0.902. The predicted molar refractivity (Wildman–Crippen MR) is 74.4 cm³/mol. The minimum Gasteiger partial charge on any atom is -0.480 e. The van der Waals surface area contributed by atoms with Crippen LogP contribution in [0.1, 0.15) is 35.4 Å². The number of carbonyl (C=O) groups is 2. The van der Waals surface area contributed by atoms with E-state index in [-0.39, 0.29) is 5.91 Å². The van der Waals surface area contributed by atoms with Crippen LogP contribution in [-0.4, -0.2) is 34.5 Å². The molecule has 1 aromatic heterocycles. The summed E-state index contributed by atoms with van der Waals surface area (Å²) in [4.78, 5) is 27.2. The monoisotopic (exact) mass is 281 g/mol. The van der Waals surface area contributed by atoms with Crippen LogP contribution in [0.2, 0.25) is 0 Å². The van der Waals surface area contributed by atoms with Crippen molar-refractivity contribution in [2.45, 2.75) is 45.1 Å². The number of rotatable bonds is 5. The van der Waals surface area contributed by atoms with E-state index in [1.807, 2.05) is 0 Å². The van der Waals surface area contributed by atoms with Crippen molar-refractivity contribution < 1.29 is 14.7 Å². The fraction of sp³-hybridized carbons (Fsp3) is 0.571. The van der Waals surface area contributed by atoms with Crippen LogP contribution in [0.4, 0.5) is 0 Å². The highest BCUT2D eigenvalue weighted by molar-refractivity contribution is 7.11. The number of aryl methyl sites for hydroxylation is 2. The van der Waals surface area contributed by atoms with E-state index in [1.165, 1.54) is 14.7 Å². The lowest BCUT2D eigenvalue weighted by molar-refractivity contribution is -0.148. The number of carbonyl (C=O) groups excluding carboxylic acids is 1. The number of amides is 1. The molecular weight excluding hydrogens is 262 g/mol. The van der Waals surface area contributed by atoms with Crippen molar-refractivity contribution in [2.24, 2.45) is 0 Å². The van der Waals surface area contributed by atoms with Gasteiger partial charge in [0.15, 0.2) is 0 Å². The molecule has 5 heteroatoms. The summed E-state index contributed by atoms with van der Waals surface area (Å²) in [6, 6.07) is 3.58. The molecule has 1 N–H and O–H groups in total. The van der Waals surface area contributed by atoms with Crippen molar-refractivity contribution in [2.75, 3.05) is 6.54 Å². The van der Waals surface area contributed by atoms with Crippen molar-refractivity contribution in [3.8, 4) is 0 Å². The van der Waals surface area contributed by atoms with Crippen molar-refractivity contribution in [1.29, 1.82) is 0 Å². The lowest BCUT2D eigenvalue weighted by Gasteiger charge is -2.21. The van der Waals surface area contributed by atoms with Crippen LogP contribution in [0.15, 0.2) is 12.1 Å². The van der Waals surface area contributed by atoms with Gasteiger partial charge in [-0.25, -0.2) is 4.79 Å². The van der Waals surface area contributed by atoms with E-state index < -0.39 is 12.0 Å². The third kappa shape index (κ3) is 3.56. The second-order valence-corrected chi connectivity index (χ2v) is 6.32. The Morgan fingerprint density at radius 2 is 2.26 bits per heavy atom. The number of likely N-dealkylation sites (tertiary alicyclic amines) is 1. The molecule has 2 heterocycles. The summed E-state index contributed by atoms with van der Waals surface area (Å²) < 4.78 is 0. The number of carboxylic acid groups (broad SMARTS) is 1. The normalized spacial score (nSPS) is 18.8. The number of nitrogens with zero attached hydrogens (tertiary/aromatic N) is 1. The van der Waals surface area contributed by atoms with Crippen LogP contribution in [0.5, 0.6) is 0 Å². The first kappa shape index (κ1) is 14.1. The highest BCUT2D eigenvalue weighted by Crippen LogP contribution is 2.21. The molecule has 19 heavy (non-hydrogen) atoms. The maximum absolute atomic E-state index is 12.0. The highest BCUT2D eigenvalue weighted by Gasteiger charge is 2.33. The molecule has 1 atom stereocenters. The first-order valence-corrected chi connectivity index (χ1v) is 7.47. The van der Waals surface area contributed by atoms with Gasteiger partial charge in [-0.15, -0.1) is 11.3 Å². The average Bonchev–Trinajstić information content (AvgIpc) is 2.97. The minimum atomic E-state index is -0.875. The minimum absolute atomic E-state index is 0.0156. The first-order valence-electron chi connectivity index (χ1n) is 6.65. The van der Waals surface area contributed by atoms with Gasteiger partial charge >= 0.3 is 5.97 Å². The molecule has 1 fully saturated rings. The van der Waals surface area contributed by atoms with Crippen LogP contribution in [0.25, 0.3) is 0 Å². The molecule has 1 aromatic rings. The number of hydrogen-bond acceptors (Lipinski definition) is 3. The van der Waals surface area contributed by atoms with Crippen LogP contribution >= 0.6 is 11.3 Å². The molecule has 0 saturated carbocycles. The van der Waals surface area contributed by atoms with E-state index in [4.69, 9.17) is 5.11 Å². The lowest BCUT2D eigenvalue weighted by atomic mass is 10.2. The Balaban J connectivity index is 1.79. The Bertz CT molecular complexity index is 469. The van der Waals surface area contributed by atoms with Gasteiger partial charge in [-0.3, -0.25) is 4.79 Å². The van der Waals surface area contributed by atoms with Crippen LogP contribution in [-0.2, 0) is 16.0 Å². The molecule has 1 aliphatic heterocycles. The summed E-state index contributed by atoms with van der Waals surface area (Å²) >= 11 is 1.76. The van der Waals surface area contributed by atoms with E-state index in [0.29, 0.717) is 19.4 Å². The highest BCUT2D eigenvalue weighted by atomic mass is 32.1. The molecule has 4 nitrogen and oxygen atoms in total. The van der Waals surface area contributed by atoms with E-state index in [2.05, 4.69) is 19.1 Å². The third-order valence-corrected chi connectivity index (χ3v) is 4.53. The Morgan fingerprint density at radius 1 is 1.47 bits per heavy atom. The second-order valence-electron chi connectivity index (χ2n) is 4.95. The molecule has 0 unspecified atom stereocenters. The van der Waals surface area contributed by atoms with Crippen LogP contribution in [0.3, 0.4) is 0 Å². The topological polar surface area (TPSA) is 57.6 Å². The fourth-order valence-corrected chi connectivity index (χ4v) is 3.43. The number of thiophene rings is 1. The molecule has 0 aromatic carbocycles. The van der Waals surface area contributed by atoms with Gasteiger partial charge in [0.05, 0.1) is 0 Å². The lowest BCUT2D eigenvalue weighted by Crippen LogP contribution is -2.40. The van der Waals surface area contributed by atoms with Gasteiger partial charge in [-0.1, -0.05) is 0 Å². The largest absolute Gasteiger partial charge is 0.480 e. The van der Waals surface area contributed by atoms with Crippen molar-refractivity contribution >= 4 is 23.2 Å². The molecule has 1 saturated heterocycles. The van der Waals surface area contributed by atoms with E-state index in [9.17, 15) is 9.59 Å². The number of hydrogen-bond donors (Lipinski definition) is 1. The van der Waals surface area contributed by atoms with Gasteiger partial charge in [0.25, 0.3) is 0 Å². The molecular formula is C14H19NO3S. The zero-order valence-electron chi connectivity index (χ0n) is 11.1. The van der Waals surface area contributed by atoms with Gasteiger partial charge in [-0.2, -0.15) is 0 Å². The first-order chi connectivity index (χ1) is 9.08. The zero-order valence-corrected chi connectivity index (χ0v) is 11.9. The van der Waals surface area contributed by atoms with Gasteiger partial charge < -0.3 is 10.0 Å². The summed E-state index contributed by atoms with van der Waals surface area (Å²) in [5.74, 6) is -0.891. The summed E-state index contributed by atoms with van der Waals surface area (Å²) in [5.41, 5.74) is 0. The number of aliphatic carboxylic acids is 1. The van der Waals surface area contributed by atoms with E-state index in [0.717, 1.165) is 19.3 Å². The van der Waals surface area contributed by atoms with E-state index >= 15 is 0 Å². The Morgan fingerprint density at radius 3 is 2.89 bits per heavy atom. The Labute approximate surface area is 117 Å². The summed E-state index contributed by atoms with van der Waals surface area (Å²) in [5, 5.41) is 9.05. The van der Waals surface area contributed by atoms with Gasteiger partial charge in [0.2, 0.25) is 5.91 Å². The van der Waals surface area contributed by atoms with Crippen LogP contribution < -0.4 is 0 Å². The predicted octanol–water partition coefficient (Wildman–Crippen LogP) is 2.45. The SMILES string of the molecule is Cc1ccc(CCCC(=O)N2CCC[C@H]2C(=O)O)s1. The maximum Gasteiger partial charge on any atom is 0.326 e. The molecule has 1 aliphatic rings. The van der Waals surface area contributed by atoms with Gasteiger partial charge in [-0.05, 0) is 44.7 Å². The smallest absolute Gasteiger partial charge is 0.326 e. The third-order valence-electron chi connectivity index (χ3n) is 3.47. The number of carboxylic acids is 1.